The van der Waals surface area contributed by atoms with Gasteiger partial charge in [-0.1, -0.05) is 6.07 Å². The Bertz CT molecular complexity index is 719. The van der Waals surface area contributed by atoms with Crippen molar-refractivity contribution in [1.29, 1.82) is 0 Å². The molecule has 2 rings (SSSR count). The van der Waals surface area contributed by atoms with E-state index in [1.807, 2.05) is 6.92 Å². The molecule has 19 heavy (non-hydrogen) atoms. The van der Waals surface area contributed by atoms with Gasteiger partial charge in [0.1, 0.15) is 0 Å². The lowest BCUT2D eigenvalue weighted by Gasteiger charge is -2.09. The highest BCUT2D eigenvalue weighted by Gasteiger charge is 2.19. The lowest BCUT2D eigenvalue weighted by atomic mass is 10.2. The van der Waals surface area contributed by atoms with E-state index in [0.717, 1.165) is 11.3 Å². The van der Waals surface area contributed by atoms with Gasteiger partial charge in [0.15, 0.2) is 5.82 Å². The molecule has 0 amide bonds. The summed E-state index contributed by atoms with van der Waals surface area (Å²) in [6.07, 6.45) is 0. The van der Waals surface area contributed by atoms with E-state index in [0.29, 0.717) is 17.1 Å². The van der Waals surface area contributed by atoms with E-state index in [2.05, 4.69) is 14.9 Å². The summed E-state index contributed by atoms with van der Waals surface area (Å²) in [7, 11) is -3.69. The monoisotopic (exact) mass is 280 g/mol. The number of hydrogen-bond acceptors (Lipinski definition) is 4. The molecule has 6 nitrogen and oxygen atoms in total. The molecule has 0 radical (unpaired) electrons. The number of aromatic amines is 1. The maximum atomic E-state index is 12.3. The van der Waals surface area contributed by atoms with Crippen molar-refractivity contribution in [1.82, 2.24) is 10.2 Å². The summed E-state index contributed by atoms with van der Waals surface area (Å²) in [5.41, 5.74) is 8.26. The maximum absolute atomic E-state index is 12.3. The first-order valence-electron chi connectivity index (χ1n) is 5.72. The molecule has 102 valence electrons. The summed E-state index contributed by atoms with van der Waals surface area (Å²) < 4.78 is 27.1. The molecule has 0 aliphatic heterocycles. The number of nitrogen functional groups attached to an aromatic ring is 1. The second kappa shape index (κ2) is 4.58. The predicted octanol–water partition coefficient (Wildman–Crippen LogP) is 1.72. The minimum atomic E-state index is -3.69. The molecular formula is C12H16N4O2S. The minimum Gasteiger partial charge on any atom is -0.399 e. The van der Waals surface area contributed by atoms with Crippen LogP contribution in [-0.2, 0) is 10.0 Å². The van der Waals surface area contributed by atoms with E-state index in [1.54, 1.807) is 26.0 Å². The van der Waals surface area contributed by atoms with Crippen LogP contribution in [0.4, 0.5) is 11.5 Å². The van der Waals surface area contributed by atoms with Gasteiger partial charge < -0.3 is 5.73 Å². The van der Waals surface area contributed by atoms with Crippen molar-refractivity contribution in [2.45, 2.75) is 25.7 Å². The molecule has 1 aromatic heterocycles. The molecule has 0 unspecified atom stereocenters. The number of hydrogen-bond donors (Lipinski definition) is 3. The maximum Gasteiger partial charge on any atom is 0.263 e. The topological polar surface area (TPSA) is 101 Å². The Morgan fingerprint density at radius 2 is 1.95 bits per heavy atom. The van der Waals surface area contributed by atoms with E-state index in [9.17, 15) is 8.42 Å². The van der Waals surface area contributed by atoms with Crippen LogP contribution >= 0.6 is 0 Å². The number of anilines is 2. The number of nitrogens with zero attached hydrogens (tertiary/aromatic N) is 1. The molecule has 1 heterocycles. The Balaban J connectivity index is 2.43. The van der Waals surface area contributed by atoms with Crippen molar-refractivity contribution in [3.05, 3.63) is 35.0 Å². The predicted molar refractivity (Wildman–Crippen MR) is 74.5 cm³/mol. The number of aryl methyl sites for hydroxylation is 2. The summed E-state index contributed by atoms with van der Waals surface area (Å²) in [6.45, 7) is 5.34. The number of aromatic nitrogens is 2. The van der Waals surface area contributed by atoms with Crippen molar-refractivity contribution in [3.63, 3.8) is 0 Å². The average Bonchev–Trinajstić information content (AvgIpc) is 2.63. The summed E-state index contributed by atoms with van der Waals surface area (Å²) >= 11 is 0. The largest absolute Gasteiger partial charge is 0.399 e. The smallest absolute Gasteiger partial charge is 0.263 e. The van der Waals surface area contributed by atoms with Gasteiger partial charge in [-0.15, -0.1) is 0 Å². The highest BCUT2D eigenvalue weighted by Crippen LogP contribution is 2.23. The third-order valence-corrected chi connectivity index (χ3v) is 4.47. The Kier molecular flexibility index (Phi) is 3.23. The van der Waals surface area contributed by atoms with Gasteiger partial charge in [-0.25, -0.2) is 8.42 Å². The fourth-order valence-electron chi connectivity index (χ4n) is 1.67. The molecule has 0 spiro atoms. The summed E-state index contributed by atoms with van der Waals surface area (Å²) in [4.78, 5) is 0.160. The molecule has 4 N–H and O–H groups in total. The fourth-order valence-corrected chi connectivity index (χ4v) is 3.02. The van der Waals surface area contributed by atoms with Gasteiger partial charge >= 0.3 is 0 Å². The normalized spacial score (nSPS) is 11.5. The first-order valence-corrected chi connectivity index (χ1v) is 7.20. The Morgan fingerprint density at radius 1 is 1.26 bits per heavy atom. The zero-order valence-electron chi connectivity index (χ0n) is 11.0. The van der Waals surface area contributed by atoms with Gasteiger partial charge in [0.05, 0.1) is 4.90 Å². The SMILES string of the molecule is Cc1ccc(N)cc1S(=O)(=O)Nc1n[nH]c(C)c1C. The van der Waals surface area contributed by atoms with Gasteiger partial charge in [-0.2, -0.15) is 5.10 Å². The van der Waals surface area contributed by atoms with E-state index in [1.165, 1.54) is 6.07 Å². The molecule has 0 saturated carbocycles. The van der Waals surface area contributed by atoms with Crippen molar-refractivity contribution in [2.24, 2.45) is 0 Å². The van der Waals surface area contributed by atoms with Crippen molar-refractivity contribution >= 4 is 21.5 Å². The zero-order valence-corrected chi connectivity index (χ0v) is 11.8. The highest BCUT2D eigenvalue weighted by molar-refractivity contribution is 7.92. The highest BCUT2D eigenvalue weighted by atomic mass is 32.2. The van der Waals surface area contributed by atoms with Crippen LogP contribution in [0.1, 0.15) is 16.8 Å². The van der Waals surface area contributed by atoms with E-state index in [-0.39, 0.29) is 4.90 Å². The van der Waals surface area contributed by atoms with Crippen LogP contribution < -0.4 is 10.5 Å². The number of rotatable bonds is 3. The van der Waals surface area contributed by atoms with Crippen molar-refractivity contribution < 1.29 is 8.42 Å². The third-order valence-electron chi connectivity index (χ3n) is 2.99. The first kappa shape index (κ1) is 13.4. The number of nitrogens with two attached hydrogens (primary N) is 1. The molecule has 0 aliphatic carbocycles. The molecule has 0 saturated heterocycles. The van der Waals surface area contributed by atoms with Crippen molar-refractivity contribution in [3.8, 4) is 0 Å². The summed E-state index contributed by atoms with van der Waals surface area (Å²) in [6, 6.07) is 4.78. The second-order valence-electron chi connectivity index (χ2n) is 4.45. The molecule has 7 heteroatoms. The summed E-state index contributed by atoms with van der Waals surface area (Å²) in [5.74, 6) is 0.305. The minimum absolute atomic E-state index is 0.160. The molecular weight excluding hydrogens is 264 g/mol. The number of sulfonamides is 1. The van der Waals surface area contributed by atoms with Crippen molar-refractivity contribution in [2.75, 3.05) is 10.5 Å². The fraction of sp³-hybridized carbons (Fsp3) is 0.250. The lowest BCUT2D eigenvalue weighted by Crippen LogP contribution is -2.15. The van der Waals surface area contributed by atoms with E-state index in [4.69, 9.17) is 5.73 Å². The van der Waals surface area contributed by atoms with Crippen LogP contribution in [-0.4, -0.2) is 18.6 Å². The van der Waals surface area contributed by atoms with Crippen LogP contribution in [0, 0.1) is 20.8 Å². The molecule has 0 fully saturated rings. The molecule has 0 bridgehead atoms. The van der Waals surface area contributed by atoms with E-state index >= 15 is 0 Å². The first-order chi connectivity index (χ1) is 8.81. The molecule has 2 aromatic rings. The Labute approximate surface area is 112 Å². The standard InChI is InChI=1S/C12H16N4O2S/c1-7-4-5-10(13)6-11(7)19(17,18)16-12-8(2)9(3)14-15-12/h4-6H,13H2,1-3H3,(H2,14,15,16). The van der Waals surface area contributed by atoms with Gasteiger partial charge in [0.2, 0.25) is 0 Å². The zero-order chi connectivity index (χ0) is 14.2. The van der Waals surface area contributed by atoms with Crippen LogP contribution in [0.5, 0.6) is 0 Å². The molecule has 0 atom stereocenters. The van der Waals surface area contributed by atoms with Crippen LogP contribution in [0.3, 0.4) is 0 Å². The Morgan fingerprint density at radius 3 is 2.53 bits per heavy atom. The third kappa shape index (κ3) is 2.55. The Hall–Kier alpha value is -2.02. The lowest BCUT2D eigenvalue weighted by molar-refractivity contribution is 0.600. The van der Waals surface area contributed by atoms with Gasteiger partial charge in [0, 0.05) is 16.9 Å². The number of H-pyrrole nitrogens is 1. The van der Waals surface area contributed by atoms with Crippen LogP contribution in [0.2, 0.25) is 0 Å². The average molecular weight is 280 g/mol. The number of benzene rings is 1. The summed E-state index contributed by atoms with van der Waals surface area (Å²) in [5, 5.41) is 6.67. The molecule has 0 aliphatic rings. The van der Waals surface area contributed by atoms with E-state index < -0.39 is 10.0 Å². The van der Waals surface area contributed by atoms with Crippen LogP contribution in [0.15, 0.2) is 23.1 Å². The second-order valence-corrected chi connectivity index (χ2v) is 6.10. The number of nitrogens with one attached hydrogen (secondary N) is 2. The van der Waals surface area contributed by atoms with Gasteiger partial charge in [-0.3, -0.25) is 9.82 Å². The van der Waals surface area contributed by atoms with Gasteiger partial charge in [-0.05, 0) is 38.5 Å². The van der Waals surface area contributed by atoms with Gasteiger partial charge in [0.25, 0.3) is 10.0 Å². The molecule has 1 aromatic carbocycles. The quantitative estimate of drug-likeness (QED) is 0.745. The van der Waals surface area contributed by atoms with Crippen LogP contribution in [0.25, 0.3) is 0 Å².